The van der Waals surface area contributed by atoms with Gasteiger partial charge in [0.25, 0.3) is 0 Å². The van der Waals surface area contributed by atoms with Gasteiger partial charge in [0.15, 0.2) is 0 Å². The Balaban J connectivity index is 1.82. The molecule has 1 aliphatic carbocycles. The molecular formula is C17H18IO-. The summed E-state index contributed by atoms with van der Waals surface area (Å²) in [6.45, 7) is 2.31. The molecular weight excluding hydrogens is 347 g/mol. The van der Waals surface area contributed by atoms with Crippen LogP contribution in [0.2, 0.25) is 0 Å². The molecule has 0 amide bonds. The van der Waals surface area contributed by atoms with Crippen molar-refractivity contribution in [3.05, 3.63) is 69.3 Å². The maximum absolute atomic E-state index is 11.3. The monoisotopic (exact) mass is 365 g/mol. The SMILES string of the molecule is CC1CC2[C@H](c3ccccc31)[I-]2(O)c1ccccc1. The zero-order valence-corrected chi connectivity index (χ0v) is 13.1. The molecule has 0 aromatic heterocycles. The Bertz CT molecular complexity index is 624. The first-order valence-corrected chi connectivity index (χ1v) is 11.4. The van der Waals surface area contributed by atoms with E-state index in [9.17, 15) is 3.44 Å². The first-order valence-electron chi connectivity index (χ1n) is 6.84. The van der Waals surface area contributed by atoms with Gasteiger partial charge in [-0.15, -0.1) is 0 Å². The molecule has 3 unspecified atom stereocenters. The fourth-order valence-electron chi connectivity index (χ4n) is 3.54. The average molecular weight is 365 g/mol. The molecule has 1 N–H and O–H groups in total. The van der Waals surface area contributed by atoms with E-state index in [1.54, 1.807) is 0 Å². The average Bonchev–Trinajstić information content (AvgIpc) is 3.07. The second-order valence-electron chi connectivity index (χ2n) is 5.60. The van der Waals surface area contributed by atoms with Crippen LogP contribution in [-0.2, 0) is 0 Å². The van der Waals surface area contributed by atoms with Crippen molar-refractivity contribution in [1.29, 1.82) is 0 Å². The van der Waals surface area contributed by atoms with Crippen molar-refractivity contribution in [3.8, 4) is 0 Å². The van der Waals surface area contributed by atoms with E-state index in [0.29, 0.717) is 13.8 Å². The van der Waals surface area contributed by atoms with E-state index in [4.69, 9.17) is 0 Å². The van der Waals surface area contributed by atoms with Gasteiger partial charge in [0, 0.05) is 0 Å². The number of halogens is 1. The Morgan fingerprint density at radius 3 is 2.32 bits per heavy atom. The van der Waals surface area contributed by atoms with Crippen molar-refractivity contribution < 1.29 is 22.3 Å². The Kier molecular flexibility index (Phi) is 2.55. The fraction of sp³-hybridized carbons (Fsp3) is 0.294. The quantitative estimate of drug-likeness (QED) is 0.578. The van der Waals surface area contributed by atoms with Gasteiger partial charge in [0.1, 0.15) is 0 Å². The first-order chi connectivity index (χ1) is 9.23. The predicted octanol–water partition coefficient (Wildman–Crippen LogP) is 0.555. The molecule has 1 heterocycles. The van der Waals surface area contributed by atoms with Crippen molar-refractivity contribution >= 4 is 0 Å². The number of hydrogen-bond acceptors (Lipinski definition) is 1. The van der Waals surface area contributed by atoms with Crippen LogP contribution in [0.3, 0.4) is 0 Å². The number of benzene rings is 2. The van der Waals surface area contributed by atoms with Crippen LogP contribution in [0, 0.1) is 3.57 Å². The Morgan fingerprint density at radius 2 is 1.58 bits per heavy atom. The minimum absolute atomic E-state index is 0.474. The summed E-state index contributed by atoms with van der Waals surface area (Å²) in [6.07, 6.45) is 1.17. The van der Waals surface area contributed by atoms with Crippen LogP contribution < -0.4 is 18.8 Å². The van der Waals surface area contributed by atoms with Gasteiger partial charge in [-0.1, -0.05) is 0 Å². The third kappa shape index (κ3) is 1.56. The topological polar surface area (TPSA) is 20.2 Å². The normalized spacial score (nSPS) is 38.7. The molecule has 1 nitrogen and oxygen atoms in total. The zero-order chi connectivity index (χ0) is 13.0. The van der Waals surface area contributed by atoms with Crippen molar-refractivity contribution in [2.45, 2.75) is 27.1 Å². The minimum atomic E-state index is -2.76. The van der Waals surface area contributed by atoms with Gasteiger partial charge in [0.2, 0.25) is 0 Å². The summed E-state index contributed by atoms with van der Waals surface area (Å²) in [7, 11) is 0. The maximum atomic E-state index is 11.3. The summed E-state index contributed by atoms with van der Waals surface area (Å²) >= 11 is -2.76. The summed E-state index contributed by atoms with van der Waals surface area (Å²) in [6, 6.07) is 19.2. The van der Waals surface area contributed by atoms with E-state index in [2.05, 4.69) is 55.5 Å². The molecule has 1 aliphatic heterocycles. The second kappa shape index (κ2) is 4.06. The molecule has 1 saturated heterocycles. The predicted molar refractivity (Wildman–Crippen MR) is 73.4 cm³/mol. The molecule has 0 bridgehead atoms. The van der Waals surface area contributed by atoms with Crippen molar-refractivity contribution in [2.75, 3.05) is 0 Å². The third-order valence-electron chi connectivity index (χ3n) is 4.52. The van der Waals surface area contributed by atoms with Gasteiger partial charge in [-0.25, -0.2) is 0 Å². The first kappa shape index (κ1) is 11.9. The molecule has 4 rings (SSSR count). The number of alkyl halides is 2. The molecule has 0 saturated carbocycles. The van der Waals surface area contributed by atoms with E-state index in [-0.39, 0.29) is 0 Å². The summed E-state index contributed by atoms with van der Waals surface area (Å²) in [5.74, 6) is 0.596. The van der Waals surface area contributed by atoms with Crippen molar-refractivity contribution in [3.63, 3.8) is 0 Å². The van der Waals surface area contributed by atoms with E-state index in [1.807, 2.05) is 6.07 Å². The molecule has 0 radical (unpaired) electrons. The van der Waals surface area contributed by atoms with Gasteiger partial charge >= 0.3 is 119 Å². The standard InChI is InChI=1S/C17H18IO/c1-12-11-16-17(15-10-6-5-9-14(12)15)18(16,19)13-7-3-2-4-8-13/h2-10,12,16-17,19H,11H2,1H3/q-1/t12?,16?,17-/m0/s1. The van der Waals surface area contributed by atoms with E-state index in [1.165, 1.54) is 21.1 Å². The van der Waals surface area contributed by atoms with Gasteiger partial charge in [-0.2, -0.15) is 0 Å². The van der Waals surface area contributed by atoms with E-state index < -0.39 is 18.8 Å². The van der Waals surface area contributed by atoms with Gasteiger partial charge in [-0.05, 0) is 0 Å². The zero-order valence-electron chi connectivity index (χ0n) is 11.0. The van der Waals surface area contributed by atoms with Crippen molar-refractivity contribution in [1.82, 2.24) is 0 Å². The van der Waals surface area contributed by atoms with Crippen LogP contribution >= 0.6 is 0 Å². The third-order valence-corrected chi connectivity index (χ3v) is 13.7. The van der Waals surface area contributed by atoms with Crippen LogP contribution in [0.25, 0.3) is 0 Å². The Morgan fingerprint density at radius 1 is 0.947 bits per heavy atom. The molecule has 4 atom stereocenters. The molecule has 2 aromatic rings. The second-order valence-corrected chi connectivity index (χ2v) is 13.4. The number of hydrogen-bond donors (Lipinski definition) is 1. The van der Waals surface area contributed by atoms with Crippen LogP contribution in [0.1, 0.15) is 34.3 Å². The Hall–Kier alpha value is -0.870. The summed E-state index contributed by atoms with van der Waals surface area (Å²) < 4.78 is 13.6. The van der Waals surface area contributed by atoms with Crippen LogP contribution in [0.4, 0.5) is 0 Å². The van der Waals surface area contributed by atoms with E-state index in [0.717, 1.165) is 0 Å². The molecule has 2 aromatic carbocycles. The molecule has 2 aliphatic rings. The Labute approximate surface area is 118 Å². The molecule has 2 heteroatoms. The fourth-order valence-corrected chi connectivity index (χ4v) is 14.2. The summed E-state index contributed by atoms with van der Waals surface area (Å²) in [5.41, 5.74) is 2.91. The van der Waals surface area contributed by atoms with Crippen LogP contribution in [-0.4, -0.2) is 7.36 Å². The molecule has 1 fully saturated rings. The number of rotatable bonds is 1. The number of fused-ring (bicyclic) bond motifs is 3. The summed E-state index contributed by atoms with van der Waals surface area (Å²) in [4.78, 5) is 0. The van der Waals surface area contributed by atoms with Crippen LogP contribution in [0.15, 0.2) is 54.6 Å². The van der Waals surface area contributed by atoms with Crippen LogP contribution in [0.5, 0.6) is 0 Å². The van der Waals surface area contributed by atoms with Crippen molar-refractivity contribution in [2.24, 2.45) is 0 Å². The van der Waals surface area contributed by atoms with Gasteiger partial charge < -0.3 is 0 Å². The van der Waals surface area contributed by atoms with E-state index >= 15 is 0 Å². The van der Waals surface area contributed by atoms with Gasteiger partial charge in [0.05, 0.1) is 0 Å². The molecule has 19 heavy (non-hydrogen) atoms. The molecule has 0 spiro atoms. The summed E-state index contributed by atoms with van der Waals surface area (Å²) in [5, 5.41) is 0. The molecule has 100 valence electrons. The van der Waals surface area contributed by atoms with Gasteiger partial charge in [-0.3, -0.25) is 0 Å².